The summed E-state index contributed by atoms with van der Waals surface area (Å²) in [6, 6.07) is 14.7. The first-order valence-corrected chi connectivity index (χ1v) is 8.29. The molecule has 1 aliphatic rings. The van der Waals surface area contributed by atoms with Crippen molar-refractivity contribution in [2.75, 3.05) is 24.4 Å². The maximum Gasteiger partial charge on any atom is 0.252 e. The second kappa shape index (κ2) is 6.20. The number of carbonyl (C=O) groups excluding carboxylic acids is 2. The zero-order valence-corrected chi connectivity index (χ0v) is 14.5. The van der Waals surface area contributed by atoms with Crippen LogP contribution in [0.5, 0.6) is 5.75 Å². The number of thioether (sulfide) groups is 1. The van der Waals surface area contributed by atoms with Gasteiger partial charge in [-0.1, -0.05) is 36.0 Å². The number of para-hydroxylation sites is 3. The summed E-state index contributed by atoms with van der Waals surface area (Å²) in [4.78, 5) is 28.1. The number of hydrogen-bond donors (Lipinski definition) is 1. The summed E-state index contributed by atoms with van der Waals surface area (Å²) in [7, 11) is 3.23. The molecule has 1 atom stereocenters. The van der Waals surface area contributed by atoms with Crippen LogP contribution in [0.2, 0.25) is 0 Å². The van der Waals surface area contributed by atoms with Gasteiger partial charge in [-0.2, -0.15) is 0 Å². The molecule has 0 unspecified atom stereocenters. The highest BCUT2D eigenvalue weighted by Crippen LogP contribution is 2.45. The third-order valence-corrected chi connectivity index (χ3v) is 5.38. The molecule has 0 spiro atoms. The number of fused-ring (bicyclic) bond motifs is 1. The molecule has 0 fully saturated rings. The van der Waals surface area contributed by atoms with Crippen molar-refractivity contribution >= 4 is 35.0 Å². The Morgan fingerprint density at radius 2 is 1.83 bits per heavy atom. The van der Waals surface area contributed by atoms with E-state index in [1.807, 2.05) is 30.3 Å². The first kappa shape index (κ1) is 16.4. The highest BCUT2D eigenvalue weighted by Gasteiger charge is 2.48. The van der Waals surface area contributed by atoms with Gasteiger partial charge < -0.3 is 15.0 Å². The van der Waals surface area contributed by atoms with E-state index in [1.54, 1.807) is 32.2 Å². The average Bonchev–Trinajstić information content (AvgIpc) is 2.60. The molecule has 0 aromatic heterocycles. The van der Waals surface area contributed by atoms with Crippen LogP contribution < -0.4 is 15.0 Å². The molecule has 2 aromatic rings. The van der Waals surface area contributed by atoms with Gasteiger partial charge in [0.15, 0.2) is 4.75 Å². The number of methoxy groups -OCH3 is 1. The van der Waals surface area contributed by atoms with Gasteiger partial charge in [-0.15, -0.1) is 0 Å². The average molecular weight is 342 g/mol. The molecule has 0 saturated carbocycles. The fourth-order valence-corrected chi connectivity index (χ4v) is 3.91. The van der Waals surface area contributed by atoms with Crippen molar-refractivity contribution in [1.82, 2.24) is 0 Å². The lowest BCUT2D eigenvalue weighted by atomic mass is 10.1. The molecule has 24 heavy (non-hydrogen) atoms. The predicted octanol–water partition coefficient (Wildman–Crippen LogP) is 3.16. The minimum absolute atomic E-state index is 0.251. The quantitative estimate of drug-likeness (QED) is 0.871. The molecule has 0 bridgehead atoms. The molecule has 1 aliphatic heterocycles. The van der Waals surface area contributed by atoms with Crippen LogP contribution in [0.15, 0.2) is 53.4 Å². The first-order valence-electron chi connectivity index (χ1n) is 7.48. The van der Waals surface area contributed by atoms with E-state index in [9.17, 15) is 9.59 Å². The van der Waals surface area contributed by atoms with Crippen LogP contribution >= 0.6 is 11.8 Å². The van der Waals surface area contributed by atoms with E-state index in [4.69, 9.17) is 4.74 Å². The number of rotatable bonds is 3. The van der Waals surface area contributed by atoms with Crippen LogP contribution in [0.25, 0.3) is 0 Å². The molecule has 6 heteroatoms. The van der Waals surface area contributed by atoms with Crippen molar-refractivity contribution in [2.45, 2.75) is 16.6 Å². The normalized spacial score (nSPS) is 19.6. The van der Waals surface area contributed by atoms with Crippen LogP contribution in [0, 0.1) is 0 Å². The summed E-state index contributed by atoms with van der Waals surface area (Å²) in [5.41, 5.74) is 1.36. The summed E-state index contributed by atoms with van der Waals surface area (Å²) in [5, 5.41) is 2.82. The molecule has 1 N–H and O–H groups in total. The number of anilines is 2. The van der Waals surface area contributed by atoms with E-state index in [0.717, 1.165) is 10.6 Å². The molecule has 124 valence electrons. The Bertz CT molecular complexity index is 808. The fraction of sp³-hybridized carbons (Fsp3) is 0.222. The van der Waals surface area contributed by atoms with Gasteiger partial charge in [0, 0.05) is 11.9 Å². The van der Waals surface area contributed by atoms with Crippen molar-refractivity contribution < 1.29 is 14.3 Å². The highest BCUT2D eigenvalue weighted by molar-refractivity contribution is 8.02. The molecule has 1 heterocycles. The van der Waals surface area contributed by atoms with Crippen LogP contribution in [0.3, 0.4) is 0 Å². The summed E-state index contributed by atoms with van der Waals surface area (Å²) < 4.78 is 4.01. The number of hydrogen-bond acceptors (Lipinski definition) is 4. The standard InChI is InChI=1S/C18H18N2O3S/c1-18(16(21)19-12-8-4-6-10-14(12)23-3)17(22)20(2)13-9-5-7-11-15(13)24-18/h4-11H,1-3H3,(H,19,21)/t18-/m0/s1. The van der Waals surface area contributed by atoms with Crippen molar-refractivity contribution in [2.24, 2.45) is 0 Å². The smallest absolute Gasteiger partial charge is 0.252 e. The molecular formula is C18H18N2O3S. The van der Waals surface area contributed by atoms with Gasteiger partial charge in [-0.05, 0) is 31.2 Å². The third-order valence-electron chi connectivity index (χ3n) is 4.04. The summed E-state index contributed by atoms with van der Waals surface area (Å²) >= 11 is 1.27. The van der Waals surface area contributed by atoms with E-state index in [-0.39, 0.29) is 11.8 Å². The monoisotopic (exact) mass is 342 g/mol. The predicted molar refractivity (Wildman–Crippen MR) is 95.7 cm³/mol. The number of ether oxygens (including phenoxy) is 1. The van der Waals surface area contributed by atoms with Crippen LogP contribution in [0.1, 0.15) is 6.92 Å². The Morgan fingerprint density at radius 1 is 1.17 bits per heavy atom. The molecule has 0 saturated heterocycles. The van der Waals surface area contributed by atoms with Gasteiger partial charge >= 0.3 is 0 Å². The van der Waals surface area contributed by atoms with Crippen LogP contribution in [-0.4, -0.2) is 30.7 Å². The molecule has 2 amide bonds. The molecular weight excluding hydrogens is 324 g/mol. The van der Waals surface area contributed by atoms with Gasteiger partial charge in [-0.3, -0.25) is 9.59 Å². The maximum atomic E-state index is 12.9. The van der Waals surface area contributed by atoms with Crippen molar-refractivity contribution in [3.63, 3.8) is 0 Å². The Balaban J connectivity index is 1.93. The van der Waals surface area contributed by atoms with E-state index in [2.05, 4.69) is 5.32 Å². The lowest BCUT2D eigenvalue weighted by molar-refractivity contribution is -0.128. The Morgan fingerprint density at radius 3 is 2.58 bits per heavy atom. The van der Waals surface area contributed by atoms with Crippen molar-refractivity contribution in [3.8, 4) is 5.75 Å². The molecule has 3 rings (SSSR count). The Labute approximate surface area is 145 Å². The minimum Gasteiger partial charge on any atom is -0.495 e. The molecule has 0 aliphatic carbocycles. The van der Waals surface area contributed by atoms with Gasteiger partial charge in [0.2, 0.25) is 5.91 Å². The third kappa shape index (κ3) is 2.63. The molecule has 5 nitrogen and oxygen atoms in total. The number of amides is 2. The minimum atomic E-state index is -1.25. The van der Waals surface area contributed by atoms with E-state index >= 15 is 0 Å². The Kier molecular flexibility index (Phi) is 4.24. The SMILES string of the molecule is COc1ccccc1NC(=O)[C@]1(C)Sc2ccccc2N(C)C1=O. The first-order chi connectivity index (χ1) is 11.5. The van der Waals surface area contributed by atoms with E-state index in [1.165, 1.54) is 23.8 Å². The van der Waals surface area contributed by atoms with Gasteiger partial charge in [0.25, 0.3) is 5.91 Å². The zero-order valence-electron chi connectivity index (χ0n) is 13.7. The van der Waals surface area contributed by atoms with Crippen LogP contribution in [-0.2, 0) is 9.59 Å². The number of benzene rings is 2. The zero-order chi connectivity index (χ0) is 17.3. The van der Waals surface area contributed by atoms with Crippen molar-refractivity contribution in [1.29, 1.82) is 0 Å². The summed E-state index contributed by atoms with van der Waals surface area (Å²) in [6.45, 7) is 1.65. The molecule has 0 radical (unpaired) electrons. The lowest BCUT2D eigenvalue weighted by Gasteiger charge is -2.37. The Hall–Kier alpha value is -2.47. The number of nitrogens with one attached hydrogen (secondary N) is 1. The number of carbonyl (C=O) groups is 2. The molecule has 2 aromatic carbocycles. The van der Waals surface area contributed by atoms with E-state index < -0.39 is 4.75 Å². The highest BCUT2D eigenvalue weighted by atomic mass is 32.2. The topological polar surface area (TPSA) is 58.6 Å². The number of nitrogens with zero attached hydrogens (tertiary/aromatic N) is 1. The van der Waals surface area contributed by atoms with Gasteiger partial charge in [0.1, 0.15) is 5.75 Å². The second-order valence-electron chi connectivity index (χ2n) is 5.62. The lowest BCUT2D eigenvalue weighted by Crippen LogP contribution is -2.53. The van der Waals surface area contributed by atoms with E-state index in [0.29, 0.717) is 11.4 Å². The van der Waals surface area contributed by atoms with Crippen molar-refractivity contribution in [3.05, 3.63) is 48.5 Å². The summed E-state index contributed by atoms with van der Waals surface area (Å²) in [6.07, 6.45) is 0. The second-order valence-corrected chi connectivity index (χ2v) is 7.08. The maximum absolute atomic E-state index is 12.9. The van der Waals surface area contributed by atoms with Crippen LogP contribution in [0.4, 0.5) is 11.4 Å². The summed E-state index contributed by atoms with van der Waals surface area (Å²) in [5.74, 6) is -0.0709. The largest absolute Gasteiger partial charge is 0.495 e. The van der Waals surface area contributed by atoms with Gasteiger partial charge in [-0.25, -0.2) is 0 Å². The van der Waals surface area contributed by atoms with Gasteiger partial charge in [0.05, 0.1) is 18.5 Å². The fourth-order valence-electron chi connectivity index (χ4n) is 2.65.